The number of phenols is 1. The fourth-order valence-corrected chi connectivity index (χ4v) is 7.95. The van der Waals surface area contributed by atoms with Crippen molar-refractivity contribution in [1.29, 1.82) is 0 Å². The average molecular weight is 585 g/mol. The summed E-state index contributed by atoms with van der Waals surface area (Å²) in [7, 11) is 3.87. The van der Waals surface area contributed by atoms with Crippen molar-refractivity contribution in [3.8, 4) is 16.9 Å². The summed E-state index contributed by atoms with van der Waals surface area (Å²) in [6.45, 7) is 10.1. The number of carbonyl (C=O) groups excluding carboxylic acids is 4. The van der Waals surface area contributed by atoms with Crippen LogP contribution in [0.15, 0.2) is 58.9 Å². The zero-order chi connectivity index (χ0) is 31.6. The Morgan fingerprint density at radius 3 is 2.37 bits per heavy atom. The average Bonchev–Trinajstić information content (AvgIpc) is 2.90. The number of allylic oxidation sites excluding steroid dienone is 3. The van der Waals surface area contributed by atoms with Crippen molar-refractivity contribution in [1.82, 2.24) is 10.2 Å². The summed E-state index contributed by atoms with van der Waals surface area (Å²) in [4.78, 5) is 54.9. The summed E-state index contributed by atoms with van der Waals surface area (Å²) in [5, 5.41) is 25.4. The summed E-state index contributed by atoms with van der Waals surface area (Å²) in [6, 6.07) is 10.5. The summed E-state index contributed by atoms with van der Waals surface area (Å²) in [5.74, 6) is -1.80. The minimum Gasteiger partial charge on any atom is -0.510 e. The predicted octanol–water partition coefficient (Wildman–Crippen LogP) is 5.20. The first kappa shape index (κ1) is 30.4. The zero-order valence-electron chi connectivity index (χ0n) is 26.0. The van der Waals surface area contributed by atoms with Crippen molar-refractivity contribution in [3.63, 3.8) is 0 Å². The number of nitrogens with one attached hydrogen (secondary N) is 1. The molecule has 3 aliphatic rings. The molecule has 2 aromatic carbocycles. The highest BCUT2D eigenvalue weighted by atomic mass is 16.3. The number of rotatable bonds is 6. The summed E-state index contributed by atoms with van der Waals surface area (Å²) in [5.41, 5.74) is 1.25. The maximum Gasteiger partial charge on any atom is 0.251 e. The van der Waals surface area contributed by atoms with Crippen molar-refractivity contribution < 1.29 is 29.4 Å². The molecule has 0 saturated heterocycles. The van der Waals surface area contributed by atoms with Crippen molar-refractivity contribution in [3.05, 3.63) is 75.6 Å². The van der Waals surface area contributed by atoms with Crippen molar-refractivity contribution >= 4 is 23.3 Å². The lowest BCUT2D eigenvalue weighted by Gasteiger charge is -2.59. The number of fused-ring (bicyclic) bond motifs is 3. The molecular formula is C35H40N2O6. The number of hydrogen-bond acceptors (Lipinski definition) is 7. The van der Waals surface area contributed by atoms with E-state index in [9.17, 15) is 29.4 Å². The Hall–Kier alpha value is -4.04. The molecule has 0 spiro atoms. The van der Waals surface area contributed by atoms with Crippen molar-refractivity contribution in [2.75, 3.05) is 27.2 Å². The smallest absolute Gasteiger partial charge is 0.251 e. The molecule has 226 valence electrons. The third-order valence-corrected chi connectivity index (χ3v) is 10.2. The van der Waals surface area contributed by atoms with Gasteiger partial charge in [0.25, 0.3) is 5.91 Å². The molecule has 3 aliphatic carbocycles. The van der Waals surface area contributed by atoms with Gasteiger partial charge in [-0.05, 0) is 88.0 Å². The lowest BCUT2D eigenvalue weighted by Crippen LogP contribution is -2.55. The second-order valence-electron chi connectivity index (χ2n) is 13.4. The summed E-state index contributed by atoms with van der Waals surface area (Å²) >= 11 is 0. The molecule has 5 rings (SSSR count). The van der Waals surface area contributed by atoms with Gasteiger partial charge in [0.05, 0.1) is 16.6 Å². The van der Waals surface area contributed by atoms with E-state index in [-0.39, 0.29) is 46.5 Å². The quantitative estimate of drug-likeness (QED) is 0.399. The fraction of sp³-hybridized carbons (Fsp3) is 0.429. The Morgan fingerprint density at radius 2 is 1.72 bits per heavy atom. The predicted molar refractivity (Wildman–Crippen MR) is 164 cm³/mol. The van der Waals surface area contributed by atoms with E-state index in [4.69, 9.17) is 0 Å². The maximum absolute atomic E-state index is 14.4. The Morgan fingerprint density at radius 1 is 1.02 bits per heavy atom. The molecular weight excluding hydrogens is 544 g/mol. The number of aliphatic hydroxyl groups excluding tert-OH is 1. The third-order valence-electron chi connectivity index (χ3n) is 10.2. The van der Waals surface area contributed by atoms with Gasteiger partial charge in [0, 0.05) is 36.1 Å². The molecule has 0 bridgehead atoms. The molecule has 0 saturated carbocycles. The van der Waals surface area contributed by atoms with Gasteiger partial charge < -0.3 is 20.4 Å². The fourth-order valence-electron chi connectivity index (χ4n) is 7.95. The molecule has 0 radical (unpaired) electrons. The molecule has 0 heterocycles. The standard InChI is InChI=1S/C35H40N2O6/c1-19-29-30(41)28-24(16-33(29,3)18-34(4)17-26(40)27(20(2)38)31(42)35(19,34)5)23(11-12-25(28)39)21-9-8-10-22(15-21)32(43)36-13-14-37(6)7/h8-12,15,39,42H,13-14,16-18H2,1-7H3,(H,36,43)/t33-,34+,35+/m0/s1. The first-order valence-corrected chi connectivity index (χ1v) is 14.7. The molecule has 3 atom stereocenters. The van der Waals surface area contributed by atoms with Gasteiger partial charge in [0.1, 0.15) is 11.5 Å². The van der Waals surface area contributed by atoms with E-state index < -0.39 is 22.0 Å². The Labute approximate surface area is 252 Å². The van der Waals surface area contributed by atoms with Gasteiger partial charge in [-0.2, -0.15) is 0 Å². The highest BCUT2D eigenvalue weighted by Gasteiger charge is 2.63. The zero-order valence-corrected chi connectivity index (χ0v) is 26.0. The Kier molecular flexibility index (Phi) is 7.29. The molecule has 0 aromatic heterocycles. The van der Waals surface area contributed by atoms with Gasteiger partial charge in [0.2, 0.25) is 0 Å². The number of Topliss-reactive ketones (excluding diaryl/α,β-unsaturated/α-hetero) is 3. The van der Waals surface area contributed by atoms with Crippen LogP contribution in [-0.4, -0.2) is 65.6 Å². The first-order valence-electron chi connectivity index (χ1n) is 14.7. The number of hydrogen-bond donors (Lipinski definition) is 3. The largest absolute Gasteiger partial charge is 0.510 e. The third kappa shape index (κ3) is 4.54. The monoisotopic (exact) mass is 584 g/mol. The van der Waals surface area contributed by atoms with E-state index in [2.05, 4.69) is 5.32 Å². The lowest BCUT2D eigenvalue weighted by atomic mass is 9.43. The van der Waals surface area contributed by atoms with E-state index in [1.807, 2.05) is 45.8 Å². The van der Waals surface area contributed by atoms with Crippen LogP contribution in [0.4, 0.5) is 0 Å². The number of benzene rings is 2. The Bertz CT molecular complexity index is 1670. The van der Waals surface area contributed by atoms with E-state index in [0.717, 1.165) is 11.1 Å². The summed E-state index contributed by atoms with van der Waals surface area (Å²) < 4.78 is 0. The minimum absolute atomic E-state index is 0.0710. The van der Waals surface area contributed by atoms with E-state index in [1.54, 1.807) is 31.2 Å². The molecule has 1 amide bonds. The number of aromatic hydroxyl groups is 1. The van der Waals surface area contributed by atoms with Gasteiger partial charge in [-0.25, -0.2) is 0 Å². The number of amides is 1. The molecule has 0 fully saturated rings. The topological polar surface area (TPSA) is 124 Å². The highest BCUT2D eigenvalue weighted by molar-refractivity contribution is 6.21. The molecule has 8 nitrogen and oxygen atoms in total. The van der Waals surface area contributed by atoms with Crippen LogP contribution in [0.1, 0.15) is 73.7 Å². The molecule has 0 unspecified atom stereocenters. The normalized spacial score (nSPS) is 26.7. The van der Waals surface area contributed by atoms with Gasteiger partial charge in [-0.15, -0.1) is 0 Å². The number of carbonyl (C=O) groups is 4. The van der Waals surface area contributed by atoms with Crippen LogP contribution < -0.4 is 5.32 Å². The van der Waals surface area contributed by atoms with E-state index in [1.165, 1.54) is 13.0 Å². The van der Waals surface area contributed by atoms with Gasteiger partial charge >= 0.3 is 0 Å². The number of phenolic OH excluding ortho intramolecular Hbond substituents is 1. The molecule has 0 aliphatic heterocycles. The van der Waals surface area contributed by atoms with Crippen LogP contribution in [-0.2, 0) is 16.0 Å². The highest BCUT2D eigenvalue weighted by Crippen LogP contribution is 2.67. The number of aliphatic hydroxyl groups is 1. The molecule has 2 aromatic rings. The maximum atomic E-state index is 14.4. The van der Waals surface area contributed by atoms with Crippen LogP contribution in [0.25, 0.3) is 11.1 Å². The van der Waals surface area contributed by atoms with Gasteiger partial charge in [-0.1, -0.05) is 37.6 Å². The van der Waals surface area contributed by atoms with Crippen LogP contribution in [0.2, 0.25) is 0 Å². The van der Waals surface area contributed by atoms with Crippen molar-refractivity contribution in [2.45, 2.75) is 53.9 Å². The van der Waals surface area contributed by atoms with Crippen LogP contribution >= 0.6 is 0 Å². The van der Waals surface area contributed by atoms with Crippen LogP contribution in [0.5, 0.6) is 5.75 Å². The Balaban J connectivity index is 1.65. The SMILES string of the molecule is CC(=O)C1=C(O)[C@@]2(C)C(C)=C3C(=O)c4c(O)ccc(-c5cccc(C(=O)NCCN(C)C)c5)c4C[C@@]3(C)C[C@@]2(C)CC1=O. The minimum atomic E-state index is -1.11. The first-order chi connectivity index (χ1) is 20.1. The lowest BCUT2D eigenvalue weighted by molar-refractivity contribution is -0.127. The van der Waals surface area contributed by atoms with E-state index >= 15 is 0 Å². The van der Waals surface area contributed by atoms with Gasteiger partial charge in [-0.3, -0.25) is 19.2 Å². The second-order valence-corrected chi connectivity index (χ2v) is 13.4. The van der Waals surface area contributed by atoms with Crippen molar-refractivity contribution in [2.24, 2.45) is 16.2 Å². The number of ketones is 3. The van der Waals surface area contributed by atoms with Crippen LogP contribution in [0, 0.1) is 16.2 Å². The molecule has 8 heteroatoms. The van der Waals surface area contributed by atoms with Crippen LogP contribution in [0.3, 0.4) is 0 Å². The second kappa shape index (κ2) is 10.3. The number of likely N-dealkylation sites (N-methyl/N-ethyl adjacent to an activating group) is 1. The number of nitrogens with zero attached hydrogens (tertiary/aromatic N) is 1. The van der Waals surface area contributed by atoms with E-state index in [0.29, 0.717) is 48.2 Å². The summed E-state index contributed by atoms with van der Waals surface area (Å²) in [6.07, 6.45) is 0.897. The molecule has 3 N–H and O–H groups in total. The van der Waals surface area contributed by atoms with Gasteiger partial charge in [0.15, 0.2) is 17.3 Å². The molecule has 43 heavy (non-hydrogen) atoms.